The van der Waals surface area contributed by atoms with E-state index in [1.165, 1.54) is 0 Å². The van der Waals surface area contributed by atoms with Crippen LogP contribution in [0, 0.1) is 35.1 Å². The Balaban J connectivity index is 0.926. The molecule has 2 aliphatic heterocycles. The summed E-state index contributed by atoms with van der Waals surface area (Å²) in [6, 6.07) is 36.5. The predicted molar refractivity (Wildman–Crippen MR) is 320 cm³/mol. The zero-order chi connectivity index (χ0) is 63.7. The van der Waals surface area contributed by atoms with Crippen LogP contribution in [0.1, 0.15) is 94.8 Å². The van der Waals surface area contributed by atoms with Gasteiger partial charge in [-0.05, 0) is 70.8 Å². The number of carbonyl (C=O) groups excluding carboxylic acids is 8. The molecule has 0 saturated carbocycles. The number of Topliss-reactive ketones (excluding diaryl/α,β-unsaturated/α-hetero) is 4. The molecule has 8 aromatic rings. The van der Waals surface area contributed by atoms with Gasteiger partial charge in [0.2, 0.25) is 0 Å². The molecule has 92 heavy (non-hydrogen) atoms. The molecular formula is C70H40F4N2O14S2. The Morgan fingerprint density at radius 3 is 0.967 bits per heavy atom. The van der Waals surface area contributed by atoms with Crippen molar-refractivity contribution in [3.63, 3.8) is 0 Å². The van der Waals surface area contributed by atoms with Crippen LogP contribution in [0.2, 0.25) is 0 Å². The summed E-state index contributed by atoms with van der Waals surface area (Å²) in [6.45, 7) is -1.51. The van der Waals surface area contributed by atoms with Crippen molar-refractivity contribution in [2.45, 2.75) is 37.6 Å². The quantitative estimate of drug-likeness (QED) is 0.0247. The lowest BCUT2D eigenvalue weighted by molar-refractivity contribution is -0.191. The third kappa shape index (κ3) is 9.99. The second kappa shape index (κ2) is 23.0. The van der Waals surface area contributed by atoms with E-state index in [1.54, 1.807) is 146 Å². The Hall–Kier alpha value is -11.1. The van der Waals surface area contributed by atoms with Gasteiger partial charge in [-0.2, -0.15) is 0 Å². The van der Waals surface area contributed by atoms with Crippen molar-refractivity contribution in [2.75, 3.05) is 0 Å². The third-order valence-corrected chi connectivity index (χ3v) is 18.0. The van der Waals surface area contributed by atoms with Gasteiger partial charge in [0, 0.05) is 45.2 Å². The van der Waals surface area contributed by atoms with Gasteiger partial charge in [0.1, 0.15) is 59.3 Å². The Labute approximate surface area is 525 Å². The van der Waals surface area contributed by atoms with Crippen LogP contribution < -0.4 is 0 Å². The Bertz CT molecular complexity index is 4270. The van der Waals surface area contributed by atoms with E-state index < -0.39 is 127 Å². The number of allylic oxidation sites excluding steroid dienone is 8. The number of benzene rings is 6. The number of rotatable bonds is 14. The molecule has 4 heterocycles. The zero-order valence-electron chi connectivity index (χ0n) is 47.2. The molecule has 2 unspecified atom stereocenters. The highest BCUT2D eigenvalue weighted by Crippen LogP contribution is 2.55. The first-order valence-electron chi connectivity index (χ1n) is 28.2. The third-order valence-electron chi connectivity index (χ3n) is 16.0. The molecule has 4 aliphatic carbocycles. The lowest BCUT2D eigenvalue weighted by Gasteiger charge is -2.40. The van der Waals surface area contributed by atoms with Crippen molar-refractivity contribution >= 4 is 93.0 Å². The number of ether oxygens (including phenoxy) is 6. The van der Waals surface area contributed by atoms with Crippen LogP contribution in [-0.2, 0) is 85.2 Å². The fourth-order valence-electron chi connectivity index (χ4n) is 11.4. The summed E-state index contributed by atoms with van der Waals surface area (Å²) in [5.41, 5.74) is -6.78. The van der Waals surface area contributed by atoms with Gasteiger partial charge in [-0.15, -0.1) is 22.7 Å². The molecule has 454 valence electrons. The number of halogens is 4. The molecule has 2 aromatic heterocycles. The van der Waals surface area contributed by atoms with Gasteiger partial charge in [-0.25, -0.2) is 46.7 Å². The number of thiazole rings is 2. The minimum absolute atomic E-state index is 0.0701. The van der Waals surface area contributed by atoms with Gasteiger partial charge >= 0.3 is 35.1 Å². The standard InChI is InChI=1S/C70H40F4N2O14S2/c71-49-25-41-42(26-50(49)72)58(78)47(57(41)77)29-55-75-63-61(91-55)45-21-40-24-54-46(22-39(40)23-53(45)89-69(63,65(81)85-31-35-13-5-1-6-14-35)66(82)86-32-36-15-7-2-8-16-36)62-64(76-56(92-62)30-48-59(79)43-27-51(73)52(74)28-44(43)60(48)80)70(90-54,67(83)87-33-37-17-9-3-10-18-37)68(84)88-34-38-19-11-4-12-20-38/h1-30,39-40H,31-34H2. The molecule has 6 aromatic carbocycles. The van der Waals surface area contributed by atoms with E-state index in [0.717, 1.165) is 34.8 Å². The lowest BCUT2D eigenvalue weighted by atomic mass is 9.76. The molecule has 22 heteroatoms. The molecule has 0 radical (unpaired) electrons. The highest BCUT2D eigenvalue weighted by Gasteiger charge is 2.63. The lowest BCUT2D eigenvalue weighted by Crippen LogP contribution is -2.51. The van der Waals surface area contributed by atoms with Gasteiger partial charge < -0.3 is 28.4 Å². The highest BCUT2D eigenvalue weighted by molar-refractivity contribution is 7.14. The van der Waals surface area contributed by atoms with Crippen LogP contribution in [0.4, 0.5) is 17.6 Å². The number of aromatic nitrogens is 2. The summed E-state index contributed by atoms with van der Waals surface area (Å²) in [7, 11) is 0. The number of carbonyl (C=O) groups is 8. The average Bonchev–Trinajstić information content (AvgIpc) is 1.07. The smallest absolute Gasteiger partial charge is 0.369 e. The topological polar surface area (TPSA) is 218 Å². The van der Waals surface area contributed by atoms with E-state index in [-0.39, 0.29) is 80.2 Å². The van der Waals surface area contributed by atoms with Gasteiger partial charge in [0.25, 0.3) is 0 Å². The first-order chi connectivity index (χ1) is 44.5. The van der Waals surface area contributed by atoms with E-state index in [2.05, 4.69) is 0 Å². The van der Waals surface area contributed by atoms with Gasteiger partial charge in [-0.1, -0.05) is 133 Å². The molecule has 16 nitrogen and oxygen atoms in total. The molecule has 2 atom stereocenters. The maximum Gasteiger partial charge on any atom is 0.369 e. The van der Waals surface area contributed by atoms with Crippen LogP contribution in [-0.4, -0.2) is 57.0 Å². The zero-order valence-corrected chi connectivity index (χ0v) is 48.9. The van der Waals surface area contributed by atoms with Crippen molar-refractivity contribution in [1.82, 2.24) is 9.97 Å². The Morgan fingerprint density at radius 2 is 0.696 bits per heavy atom. The Morgan fingerprint density at radius 1 is 0.424 bits per heavy atom. The summed E-state index contributed by atoms with van der Waals surface area (Å²) >= 11 is 1.62. The van der Waals surface area contributed by atoms with E-state index in [0.29, 0.717) is 46.5 Å². The molecule has 0 saturated heterocycles. The fraction of sp³-hybridized carbons (Fsp3) is 0.114. The largest absolute Gasteiger partial charge is 0.458 e. The van der Waals surface area contributed by atoms with Crippen LogP contribution >= 0.6 is 22.7 Å². The fourth-order valence-corrected chi connectivity index (χ4v) is 13.6. The van der Waals surface area contributed by atoms with E-state index in [1.807, 2.05) is 0 Å². The molecule has 0 bridgehead atoms. The molecule has 6 aliphatic rings. The SMILES string of the molecule is O=C1C(=Cc2nc3c(s2)C2=CC4C=C5OC(C(=O)OCc6ccccc6)(C(=O)OCc6ccccc6)c6nc(C=C7C(=O)c8cc(F)c(F)cc8C7=O)sc6C5=CC4C=C2OC3(C(=O)OCc2ccccc2)C(=O)OCc2ccccc2)C(=O)c2cc(F)c(F)cc21. The summed E-state index contributed by atoms with van der Waals surface area (Å²) < 4.78 is 95.4. The van der Waals surface area contributed by atoms with Crippen molar-refractivity contribution in [3.05, 3.63) is 291 Å². The maximum absolute atomic E-state index is 15.2. The van der Waals surface area contributed by atoms with Crippen molar-refractivity contribution in [3.8, 4) is 0 Å². The monoisotopic (exact) mass is 1270 g/mol. The first-order valence-corrected chi connectivity index (χ1v) is 29.9. The number of esters is 4. The minimum Gasteiger partial charge on any atom is -0.458 e. The molecule has 0 spiro atoms. The summed E-state index contributed by atoms with van der Waals surface area (Å²) in [4.78, 5) is 126. The van der Waals surface area contributed by atoms with Gasteiger partial charge in [0.05, 0.1) is 20.9 Å². The minimum atomic E-state index is -2.89. The summed E-state index contributed by atoms with van der Waals surface area (Å²) in [5, 5.41) is -0.297. The van der Waals surface area contributed by atoms with Crippen molar-refractivity contribution < 1.29 is 84.3 Å². The molecule has 0 amide bonds. The van der Waals surface area contributed by atoms with Gasteiger partial charge in [-0.3, -0.25) is 19.2 Å². The number of ketones is 4. The molecular weight excluding hydrogens is 1230 g/mol. The number of nitrogens with zero attached hydrogens (tertiary/aromatic N) is 2. The number of hydrogen-bond donors (Lipinski definition) is 0. The first kappa shape index (κ1) is 58.6. The van der Waals surface area contributed by atoms with Crippen molar-refractivity contribution in [2.24, 2.45) is 11.8 Å². The van der Waals surface area contributed by atoms with Crippen LogP contribution in [0.5, 0.6) is 0 Å². The maximum atomic E-state index is 15.2. The second-order valence-electron chi connectivity index (χ2n) is 21.7. The van der Waals surface area contributed by atoms with Crippen LogP contribution in [0.25, 0.3) is 23.3 Å². The van der Waals surface area contributed by atoms with Gasteiger partial charge in [0.15, 0.2) is 46.4 Å². The van der Waals surface area contributed by atoms with Crippen molar-refractivity contribution in [1.29, 1.82) is 0 Å². The van der Waals surface area contributed by atoms with E-state index >= 15 is 19.2 Å². The average molecular weight is 1270 g/mol. The van der Waals surface area contributed by atoms with E-state index in [4.69, 9.17) is 38.4 Å². The second-order valence-corrected chi connectivity index (χ2v) is 23.8. The number of hydrogen-bond acceptors (Lipinski definition) is 18. The van der Waals surface area contributed by atoms with E-state index in [9.17, 15) is 36.7 Å². The molecule has 0 N–H and O–H groups in total. The predicted octanol–water partition coefficient (Wildman–Crippen LogP) is 12.0. The number of fused-ring (bicyclic) bond motifs is 9. The summed E-state index contributed by atoms with van der Waals surface area (Å²) in [5.74, 6) is -16.3. The highest BCUT2D eigenvalue weighted by atomic mass is 32.1. The van der Waals surface area contributed by atoms with Crippen LogP contribution in [0.3, 0.4) is 0 Å². The summed E-state index contributed by atoms with van der Waals surface area (Å²) in [6.07, 6.45) is 8.63. The Kier molecular flexibility index (Phi) is 14.7. The van der Waals surface area contributed by atoms with Crippen LogP contribution in [0.15, 0.2) is 193 Å². The normalized spacial score (nSPS) is 17.5. The molecule has 0 fully saturated rings. The molecule has 14 rings (SSSR count).